The SMILES string of the molecule is C[C@@H]1CCN[C@H]2CCCC[C@@H]2N[C@@H](C)CCN[C@@H]2CCCC[C@H]2N1.OCc1cccc2ccccc12.OCc1cccc2ccccc12. The zero-order valence-electron chi connectivity index (χ0n) is 29.3. The molecule has 48 heavy (non-hydrogen) atoms. The molecule has 0 amide bonds. The van der Waals surface area contributed by atoms with Gasteiger partial charge in [0.05, 0.1) is 13.2 Å². The van der Waals surface area contributed by atoms with Crippen molar-refractivity contribution in [1.82, 2.24) is 21.3 Å². The molecule has 1 aliphatic heterocycles. The summed E-state index contributed by atoms with van der Waals surface area (Å²) in [5, 5.41) is 38.4. The summed E-state index contributed by atoms with van der Waals surface area (Å²) < 4.78 is 0. The molecule has 0 aromatic heterocycles. The largest absolute Gasteiger partial charge is 0.392 e. The Morgan fingerprint density at radius 3 is 1.27 bits per heavy atom. The number of fused-ring (bicyclic) bond motifs is 4. The van der Waals surface area contributed by atoms with Crippen molar-refractivity contribution in [2.24, 2.45) is 0 Å². The van der Waals surface area contributed by atoms with Crippen molar-refractivity contribution in [3.63, 3.8) is 0 Å². The lowest BCUT2D eigenvalue weighted by molar-refractivity contribution is 0.234. The third-order valence-electron chi connectivity index (χ3n) is 10.6. The Labute approximate surface area is 289 Å². The Morgan fingerprint density at radius 2 is 0.854 bits per heavy atom. The van der Waals surface area contributed by atoms with Gasteiger partial charge in [0.1, 0.15) is 0 Å². The molecule has 4 aromatic rings. The van der Waals surface area contributed by atoms with Crippen molar-refractivity contribution in [2.45, 2.75) is 128 Å². The number of rotatable bonds is 2. The van der Waals surface area contributed by atoms with Crippen LogP contribution in [0.5, 0.6) is 0 Å². The van der Waals surface area contributed by atoms with Gasteiger partial charge in [-0.2, -0.15) is 0 Å². The van der Waals surface area contributed by atoms with Crippen LogP contribution in [-0.2, 0) is 13.2 Å². The second-order valence-corrected chi connectivity index (χ2v) is 14.2. The molecule has 6 N–H and O–H groups in total. The summed E-state index contributed by atoms with van der Waals surface area (Å²) >= 11 is 0. The summed E-state index contributed by atoms with van der Waals surface area (Å²) in [6, 6.07) is 32.0. The van der Waals surface area contributed by atoms with Crippen molar-refractivity contribution in [3.05, 3.63) is 96.1 Å². The highest BCUT2D eigenvalue weighted by atomic mass is 16.3. The maximum Gasteiger partial charge on any atom is 0.0687 e. The minimum Gasteiger partial charge on any atom is -0.392 e. The first-order valence-electron chi connectivity index (χ1n) is 18.7. The average molecular weight is 653 g/mol. The van der Waals surface area contributed by atoms with E-state index < -0.39 is 0 Å². The van der Waals surface area contributed by atoms with E-state index in [4.69, 9.17) is 10.2 Å². The van der Waals surface area contributed by atoms with Crippen LogP contribution in [-0.4, -0.2) is 59.6 Å². The lowest BCUT2D eigenvalue weighted by atomic mass is 9.88. The van der Waals surface area contributed by atoms with Gasteiger partial charge in [-0.05, 0) is 98.1 Å². The van der Waals surface area contributed by atoms with Crippen molar-refractivity contribution < 1.29 is 10.2 Å². The van der Waals surface area contributed by atoms with Crippen LogP contribution >= 0.6 is 0 Å². The zero-order chi connectivity index (χ0) is 33.6. The molecular weight excluding hydrogens is 592 g/mol. The predicted octanol–water partition coefficient (Wildman–Crippen LogP) is 7.20. The Kier molecular flexibility index (Phi) is 14.7. The standard InChI is InChI=1S/C20H40N4.2C11H10O/c1-15-11-13-21-18-8-4-6-10-20(18)24-16(2)12-14-22-17-7-3-5-9-19(17)23-15;2*12-8-10-6-3-5-9-4-1-2-7-11(9)10/h15-24H,3-14H2,1-2H3;2*1-7,12H,8H2/t15-,16+,17-,18+,19-,20+;;. The van der Waals surface area contributed by atoms with Gasteiger partial charge in [0.2, 0.25) is 0 Å². The van der Waals surface area contributed by atoms with Crippen LogP contribution in [0.1, 0.15) is 89.2 Å². The van der Waals surface area contributed by atoms with Gasteiger partial charge in [0.25, 0.3) is 0 Å². The number of aliphatic hydroxyl groups is 2. The first-order chi connectivity index (χ1) is 23.6. The molecule has 0 unspecified atom stereocenters. The molecule has 6 nitrogen and oxygen atoms in total. The van der Waals surface area contributed by atoms with Crippen LogP contribution in [0.25, 0.3) is 21.5 Å². The highest BCUT2D eigenvalue weighted by Crippen LogP contribution is 2.22. The Bertz CT molecular complexity index is 1390. The molecule has 0 bridgehead atoms. The third-order valence-corrected chi connectivity index (χ3v) is 10.6. The lowest BCUT2D eigenvalue weighted by Crippen LogP contribution is -2.56. The van der Waals surface area contributed by atoms with Crippen LogP contribution in [0.15, 0.2) is 84.9 Å². The van der Waals surface area contributed by atoms with E-state index in [1.165, 1.54) is 75.0 Å². The van der Waals surface area contributed by atoms with Gasteiger partial charge in [-0.1, -0.05) is 111 Å². The van der Waals surface area contributed by atoms with Crippen molar-refractivity contribution in [2.75, 3.05) is 13.1 Å². The molecule has 1 heterocycles. The van der Waals surface area contributed by atoms with E-state index in [2.05, 4.69) is 59.4 Å². The van der Waals surface area contributed by atoms with E-state index in [-0.39, 0.29) is 13.2 Å². The van der Waals surface area contributed by atoms with E-state index >= 15 is 0 Å². The normalized spacial score (nSPS) is 26.8. The van der Waals surface area contributed by atoms with Gasteiger partial charge < -0.3 is 31.5 Å². The molecule has 4 aromatic carbocycles. The molecule has 1 saturated heterocycles. The topological polar surface area (TPSA) is 88.6 Å². The van der Waals surface area contributed by atoms with E-state index in [1.54, 1.807) is 0 Å². The minimum absolute atomic E-state index is 0.112. The lowest BCUT2D eigenvalue weighted by Gasteiger charge is -2.38. The van der Waals surface area contributed by atoms with Gasteiger partial charge in [-0.15, -0.1) is 0 Å². The van der Waals surface area contributed by atoms with Crippen molar-refractivity contribution in [1.29, 1.82) is 0 Å². The van der Waals surface area contributed by atoms with E-state index in [9.17, 15) is 0 Å². The molecule has 3 fully saturated rings. The first kappa shape index (κ1) is 36.4. The molecule has 3 aliphatic rings. The number of benzene rings is 4. The second kappa shape index (κ2) is 19.4. The second-order valence-electron chi connectivity index (χ2n) is 14.2. The monoisotopic (exact) mass is 652 g/mol. The van der Waals surface area contributed by atoms with Crippen LogP contribution in [0, 0.1) is 0 Å². The maximum atomic E-state index is 9.04. The van der Waals surface area contributed by atoms with E-state index in [1.807, 2.05) is 60.7 Å². The summed E-state index contributed by atoms with van der Waals surface area (Å²) in [6.45, 7) is 7.27. The van der Waals surface area contributed by atoms with Crippen LogP contribution in [0.4, 0.5) is 0 Å². The van der Waals surface area contributed by atoms with Gasteiger partial charge in [0, 0.05) is 36.3 Å². The zero-order valence-corrected chi connectivity index (χ0v) is 29.3. The molecule has 260 valence electrons. The fraction of sp³-hybridized carbons (Fsp3) is 0.524. The number of aliphatic hydroxyl groups excluding tert-OH is 2. The summed E-state index contributed by atoms with van der Waals surface area (Å²) in [7, 11) is 0. The fourth-order valence-corrected chi connectivity index (χ4v) is 7.88. The summed E-state index contributed by atoms with van der Waals surface area (Å²) in [5.41, 5.74) is 1.99. The molecule has 0 radical (unpaired) electrons. The Morgan fingerprint density at radius 1 is 0.479 bits per heavy atom. The smallest absolute Gasteiger partial charge is 0.0687 e. The van der Waals surface area contributed by atoms with Gasteiger partial charge in [0.15, 0.2) is 0 Å². The molecule has 6 heteroatoms. The van der Waals surface area contributed by atoms with E-state index in [0.29, 0.717) is 36.3 Å². The van der Waals surface area contributed by atoms with E-state index in [0.717, 1.165) is 35.0 Å². The number of nitrogens with one attached hydrogen (secondary N) is 4. The summed E-state index contributed by atoms with van der Waals surface area (Å²) in [4.78, 5) is 0. The molecule has 0 spiro atoms. The Balaban J connectivity index is 0.000000156. The number of hydrogen-bond acceptors (Lipinski definition) is 6. The number of hydrogen-bond donors (Lipinski definition) is 6. The molecule has 2 aliphatic carbocycles. The third kappa shape index (κ3) is 10.6. The van der Waals surface area contributed by atoms with Crippen LogP contribution < -0.4 is 21.3 Å². The summed E-state index contributed by atoms with van der Waals surface area (Å²) in [5.74, 6) is 0. The van der Waals surface area contributed by atoms with Gasteiger partial charge in [-0.3, -0.25) is 0 Å². The fourth-order valence-electron chi connectivity index (χ4n) is 7.88. The highest BCUT2D eigenvalue weighted by Gasteiger charge is 2.28. The first-order valence-corrected chi connectivity index (χ1v) is 18.7. The van der Waals surface area contributed by atoms with Gasteiger partial charge >= 0.3 is 0 Å². The maximum absolute atomic E-state index is 9.04. The molecule has 6 atom stereocenters. The molecule has 2 saturated carbocycles. The predicted molar refractivity (Wildman–Crippen MR) is 202 cm³/mol. The quantitative estimate of drug-likeness (QED) is 0.137. The van der Waals surface area contributed by atoms with Crippen LogP contribution in [0.3, 0.4) is 0 Å². The minimum atomic E-state index is 0.112. The Hall–Kier alpha value is -2.84. The summed E-state index contributed by atoms with van der Waals surface area (Å²) in [6.07, 6.45) is 13.4. The van der Waals surface area contributed by atoms with Gasteiger partial charge in [-0.25, -0.2) is 0 Å². The highest BCUT2D eigenvalue weighted by molar-refractivity contribution is 5.86. The molecular formula is C42H60N4O2. The van der Waals surface area contributed by atoms with Crippen molar-refractivity contribution >= 4 is 21.5 Å². The average Bonchev–Trinajstić information content (AvgIpc) is 3.13. The van der Waals surface area contributed by atoms with Crippen molar-refractivity contribution in [3.8, 4) is 0 Å². The molecule has 7 rings (SSSR count). The van der Waals surface area contributed by atoms with Crippen LogP contribution in [0.2, 0.25) is 0 Å².